The van der Waals surface area contributed by atoms with E-state index in [0.717, 1.165) is 28.2 Å². The minimum absolute atomic E-state index is 0. The summed E-state index contributed by atoms with van der Waals surface area (Å²) in [6.45, 7) is 6.37. The van der Waals surface area contributed by atoms with Crippen LogP contribution in [0, 0.1) is 26.8 Å². The van der Waals surface area contributed by atoms with E-state index in [1.807, 2.05) is 24.5 Å². The molecule has 4 aromatic rings. The maximum atomic E-state index is 5.29. The fourth-order valence-electron chi connectivity index (χ4n) is 3.17. The third-order valence-electron chi connectivity index (χ3n) is 4.02. The second-order valence-corrected chi connectivity index (χ2v) is 5.82. The number of aryl methyl sites for hydroxylation is 3. The summed E-state index contributed by atoms with van der Waals surface area (Å²) in [6.07, 6.45) is 5.25. The van der Waals surface area contributed by atoms with E-state index in [9.17, 15) is 0 Å². The number of benzene rings is 2. The third kappa shape index (κ3) is 2.70. The molecule has 0 atom stereocenters. The van der Waals surface area contributed by atoms with Crippen molar-refractivity contribution in [2.24, 2.45) is 0 Å². The van der Waals surface area contributed by atoms with Crippen LogP contribution in [0.15, 0.2) is 47.5 Å². The van der Waals surface area contributed by atoms with Crippen molar-refractivity contribution in [3.05, 3.63) is 65.8 Å². The maximum absolute atomic E-state index is 5.29. The van der Waals surface area contributed by atoms with Crippen LogP contribution in [0.3, 0.4) is 0 Å². The van der Waals surface area contributed by atoms with Crippen LogP contribution in [0.5, 0.6) is 0 Å². The molecule has 0 bridgehead atoms. The van der Waals surface area contributed by atoms with Gasteiger partial charge < -0.3 is 8.98 Å². The minimum Gasteiger partial charge on any atom is -0.490 e. The third-order valence-corrected chi connectivity index (χ3v) is 4.02. The predicted octanol–water partition coefficient (Wildman–Crippen LogP) is 4.40. The van der Waals surface area contributed by atoms with Crippen LogP contribution in [-0.2, 0) is 20.1 Å². The van der Waals surface area contributed by atoms with E-state index in [0.29, 0.717) is 0 Å². The second-order valence-electron chi connectivity index (χ2n) is 5.82. The fraction of sp³-hybridized carbons (Fsp3) is 0.158. The van der Waals surface area contributed by atoms with Crippen molar-refractivity contribution in [3.63, 3.8) is 0 Å². The number of hydrogen-bond donors (Lipinski definition) is 0. The Balaban J connectivity index is 0.00000169. The van der Waals surface area contributed by atoms with Crippen LogP contribution in [0.25, 0.3) is 28.2 Å². The Labute approximate surface area is 153 Å². The van der Waals surface area contributed by atoms with Crippen LogP contribution in [-0.4, -0.2) is 14.5 Å². The number of fused-ring (bicyclic) bond motifs is 1. The van der Waals surface area contributed by atoms with E-state index in [1.165, 1.54) is 23.1 Å². The van der Waals surface area contributed by atoms with Crippen molar-refractivity contribution in [1.82, 2.24) is 14.5 Å². The monoisotopic (exact) mass is 495 g/mol. The number of nitrogens with zero attached hydrogens (tertiary/aromatic N) is 3. The first-order chi connectivity index (χ1) is 11.1. The quantitative estimate of drug-likeness (QED) is 0.388. The summed E-state index contributed by atoms with van der Waals surface area (Å²) in [5.74, 6) is 0.852. The molecular weight excluding hydrogens is 478 g/mol. The van der Waals surface area contributed by atoms with E-state index in [1.54, 1.807) is 0 Å². The Kier molecular flexibility index (Phi) is 4.39. The van der Waals surface area contributed by atoms with Gasteiger partial charge in [0.15, 0.2) is 6.39 Å². The van der Waals surface area contributed by atoms with Crippen LogP contribution in [0.2, 0.25) is 0 Å². The van der Waals surface area contributed by atoms with Gasteiger partial charge in [0.25, 0.3) is 0 Å². The molecule has 0 aliphatic rings. The van der Waals surface area contributed by atoms with Gasteiger partial charge in [-0.25, -0.2) is 4.98 Å². The molecule has 0 aliphatic heterocycles. The van der Waals surface area contributed by atoms with Gasteiger partial charge in [0.1, 0.15) is 0 Å². The smallest absolute Gasteiger partial charge is 0.169 e. The summed E-state index contributed by atoms with van der Waals surface area (Å²) < 4.78 is 7.40. The van der Waals surface area contributed by atoms with Crippen LogP contribution >= 0.6 is 0 Å². The molecular formula is C19H16IrN3O-. The molecule has 1 radical (unpaired) electrons. The Bertz CT molecular complexity index is 993. The van der Waals surface area contributed by atoms with Gasteiger partial charge in [-0.2, -0.15) is 0 Å². The van der Waals surface area contributed by atoms with Gasteiger partial charge in [0, 0.05) is 43.7 Å². The number of rotatable bonds is 2. The Hall–Kier alpha value is -2.23. The molecule has 0 unspecified atom stereocenters. The molecule has 2 aromatic carbocycles. The standard InChI is InChI=1S/C19H16N3O.Ir/c1-12-8-13(2)18(14(3)9-12)22-7-6-20-19(22)15-4-5-17-16(10-15)21-11-23-17;/h5-11H,1-3H3;/q-1;. The molecule has 5 heteroatoms. The topological polar surface area (TPSA) is 43.9 Å². The van der Waals surface area contributed by atoms with Gasteiger partial charge in [0.05, 0.1) is 11.4 Å². The van der Waals surface area contributed by atoms with Crippen molar-refractivity contribution >= 4 is 11.1 Å². The number of imidazole rings is 1. The molecule has 0 fully saturated rings. The van der Waals surface area contributed by atoms with Crippen LogP contribution in [0.4, 0.5) is 0 Å². The summed E-state index contributed by atoms with van der Waals surface area (Å²) in [7, 11) is 0. The van der Waals surface area contributed by atoms with Crippen molar-refractivity contribution < 1.29 is 24.5 Å². The predicted molar refractivity (Wildman–Crippen MR) is 89.6 cm³/mol. The zero-order valence-electron chi connectivity index (χ0n) is 13.6. The van der Waals surface area contributed by atoms with Gasteiger partial charge in [-0.15, -0.1) is 23.8 Å². The van der Waals surface area contributed by atoms with E-state index in [2.05, 4.69) is 53.5 Å². The molecule has 24 heavy (non-hydrogen) atoms. The van der Waals surface area contributed by atoms with Crippen molar-refractivity contribution in [1.29, 1.82) is 0 Å². The summed E-state index contributed by atoms with van der Waals surface area (Å²) >= 11 is 0. The molecule has 0 N–H and O–H groups in total. The SMILES string of the molecule is Cc1cc(C)c(-n2ccnc2-c2[c-]cc3ocnc3c2)c(C)c1.[Ir]. The summed E-state index contributed by atoms with van der Waals surface area (Å²) in [5.41, 5.74) is 7.32. The molecule has 0 aliphatic carbocycles. The molecule has 0 amide bonds. The van der Waals surface area contributed by atoms with Gasteiger partial charge >= 0.3 is 0 Å². The van der Waals surface area contributed by atoms with Crippen LogP contribution < -0.4 is 0 Å². The average molecular weight is 495 g/mol. The van der Waals surface area contributed by atoms with Gasteiger partial charge in [0.2, 0.25) is 0 Å². The summed E-state index contributed by atoms with van der Waals surface area (Å²) in [5, 5.41) is 0. The molecule has 0 saturated carbocycles. The Morgan fingerprint density at radius 1 is 1.04 bits per heavy atom. The summed E-state index contributed by atoms with van der Waals surface area (Å²) in [4.78, 5) is 8.75. The Morgan fingerprint density at radius 2 is 1.79 bits per heavy atom. The van der Waals surface area contributed by atoms with Gasteiger partial charge in [-0.1, -0.05) is 17.7 Å². The molecule has 0 saturated heterocycles. The molecule has 2 aromatic heterocycles. The van der Waals surface area contributed by atoms with E-state index in [4.69, 9.17) is 4.42 Å². The number of oxazole rings is 1. The largest absolute Gasteiger partial charge is 0.490 e. The number of aromatic nitrogens is 3. The van der Waals surface area contributed by atoms with Crippen molar-refractivity contribution in [3.8, 4) is 17.1 Å². The zero-order valence-corrected chi connectivity index (χ0v) is 16.0. The maximum Gasteiger partial charge on any atom is 0.169 e. The van der Waals surface area contributed by atoms with E-state index < -0.39 is 0 Å². The number of hydrogen-bond acceptors (Lipinski definition) is 3. The first-order valence-electron chi connectivity index (χ1n) is 7.50. The normalized spacial score (nSPS) is 10.8. The summed E-state index contributed by atoms with van der Waals surface area (Å²) in [6, 6.07) is 11.4. The second kappa shape index (κ2) is 6.34. The molecule has 2 heterocycles. The van der Waals surface area contributed by atoms with E-state index in [-0.39, 0.29) is 20.1 Å². The average Bonchev–Trinajstić information content (AvgIpc) is 3.13. The van der Waals surface area contributed by atoms with Crippen molar-refractivity contribution in [2.75, 3.05) is 0 Å². The molecule has 123 valence electrons. The van der Waals surface area contributed by atoms with Gasteiger partial charge in [-0.05, 0) is 31.9 Å². The van der Waals surface area contributed by atoms with E-state index >= 15 is 0 Å². The van der Waals surface area contributed by atoms with Gasteiger partial charge in [-0.3, -0.25) is 4.98 Å². The molecule has 0 spiro atoms. The minimum atomic E-state index is 0. The van der Waals surface area contributed by atoms with Crippen molar-refractivity contribution in [2.45, 2.75) is 20.8 Å². The Morgan fingerprint density at radius 3 is 2.54 bits per heavy atom. The molecule has 4 rings (SSSR count). The fourth-order valence-corrected chi connectivity index (χ4v) is 3.17. The first-order valence-corrected chi connectivity index (χ1v) is 7.50. The van der Waals surface area contributed by atoms with Crippen LogP contribution in [0.1, 0.15) is 16.7 Å². The zero-order chi connectivity index (χ0) is 16.0. The molecule has 4 nitrogen and oxygen atoms in total. The first kappa shape index (κ1) is 16.6.